The van der Waals surface area contributed by atoms with Crippen LogP contribution < -0.4 is 34.4 Å². The Balaban J connectivity index is 0.000000205. The molecule has 0 aliphatic heterocycles. The number of hydrogen-bond acceptors (Lipinski definition) is 9. The Kier molecular flexibility index (Phi) is 26.8. The second kappa shape index (κ2) is 34.9. The normalized spacial score (nSPS) is 11.0. The molecule has 0 atom stereocenters. The summed E-state index contributed by atoms with van der Waals surface area (Å²) >= 11 is 0. The number of nitrogens with two attached hydrogens (primary N) is 6. The molecule has 12 rings (SSSR count). The Labute approximate surface area is 602 Å². The van der Waals surface area contributed by atoms with E-state index in [-0.39, 0.29) is 0 Å². The zero-order chi connectivity index (χ0) is 73.9. The Bertz CT molecular complexity index is 4330. The van der Waals surface area contributed by atoms with E-state index in [9.17, 15) is 0 Å². The summed E-state index contributed by atoms with van der Waals surface area (Å²) in [5.41, 5.74) is 70.5. The molecule has 15 N–H and O–H groups in total. The maximum Gasteiger partial charge on any atom is 0.0741 e. The van der Waals surface area contributed by atoms with Crippen molar-refractivity contribution in [3.63, 3.8) is 0 Å². The summed E-state index contributed by atoms with van der Waals surface area (Å²) in [6, 6.07) is 91.1. The third-order valence-electron chi connectivity index (χ3n) is 19.7. The van der Waals surface area contributed by atoms with Gasteiger partial charge in [-0.2, -0.15) is 0 Å². The molecule has 0 saturated heterocycles. The predicted molar refractivity (Wildman–Crippen MR) is 431 cm³/mol. The van der Waals surface area contributed by atoms with Crippen LogP contribution in [0.15, 0.2) is 255 Å². The lowest BCUT2D eigenvalue weighted by Crippen LogP contribution is -2.33. The van der Waals surface area contributed by atoms with Gasteiger partial charge in [0.05, 0.1) is 16.2 Å². The maximum atomic E-state index is 7.00. The highest BCUT2D eigenvalue weighted by atomic mass is 16.2. The molecule has 12 aromatic rings. The van der Waals surface area contributed by atoms with Gasteiger partial charge in [-0.3, -0.25) is 0 Å². The van der Waals surface area contributed by atoms with Crippen molar-refractivity contribution in [3.8, 4) is 0 Å². The van der Waals surface area contributed by atoms with Gasteiger partial charge in [-0.1, -0.05) is 280 Å². The van der Waals surface area contributed by atoms with Gasteiger partial charge in [0.1, 0.15) is 0 Å². The van der Waals surface area contributed by atoms with E-state index in [1.165, 1.54) is 66.8 Å². The summed E-state index contributed by atoms with van der Waals surface area (Å²) in [5, 5.41) is 21.0. The first-order valence-corrected chi connectivity index (χ1v) is 34.6. The first kappa shape index (κ1) is 77.7. The van der Waals surface area contributed by atoms with E-state index < -0.39 is 16.2 Å². The minimum atomic E-state index is -0.635. The molecule has 0 heterocycles. The van der Waals surface area contributed by atoms with Crippen molar-refractivity contribution < 1.29 is 15.3 Å². The van der Waals surface area contributed by atoms with E-state index in [4.69, 9.17) is 49.7 Å². The SMILES string of the molecule is CCc1cc(C(c2ccccc2)(c2ccccc2)c2cc(C)c(N)c(CC)c2)cc(C)c1N.CO.CO.CO.Cc1cc(C(c2ccccc2)(c2ccccc2)c2cc(C)c(N)c(C)c2)cc(C)c1N.Cc1cc(C)c(N)c(C(c2ccccc2)(c2ccccc2)c2cc(C)cc(C)c2N)c1. The number of benzene rings is 12. The highest BCUT2D eigenvalue weighted by Crippen LogP contribution is 2.52. The van der Waals surface area contributed by atoms with Crippen LogP contribution in [0.5, 0.6) is 0 Å². The second-order valence-corrected chi connectivity index (χ2v) is 26.0. The third kappa shape index (κ3) is 15.5. The zero-order valence-corrected chi connectivity index (χ0v) is 62.0. The lowest BCUT2D eigenvalue weighted by atomic mass is 9.63. The monoisotopic (exact) mass is 1340 g/mol. The number of hydrogen-bond donors (Lipinski definition) is 9. The molecule has 0 aromatic heterocycles. The minimum absolute atomic E-state index is 0.491. The molecule has 0 bridgehead atoms. The molecule has 0 aliphatic carbocycles. The van der Waals surface area contributed by atoms with Gasteiger partial charge in [-0.05, 0) is 204 Å². The lowest BCUT2D eigenvalue weighted by molar-refractivity contribution is 0.399. The van der Waals surface area contributed by atoms with Gasteiger partial charge in [-0.25, -0.2) is 0 Å². The van der Waals surface area contributed by atoms with Crippen molar-refractivity contribution in [1.29, 1.82) is 0 Å². The van der Waals surface area contributed by atoms with Crippen LogP contribution in [0.3, 0.4) is 0 Å². The van der Waals surface area contributed by atoms with Crippen LogP contribution in [0.1, 0.15) is 147 Å². The highest BCUT2D eigenvalue weighted by molar-refractivity contribution is 5.76. The maximum absolute atomic E-state index is 7.00. The molecule has 101 heavy (non-hydrogen) atoms. The molecule has 0 spiro atoms. The molecule has 522 valence electrons. The molecule has 0 unspecified atom stereocenters. The van der Waals surface area contributed by atoms with Crippen molar-refractivity contribution in [3.05, 3.63) is 388 Å². The number of aryl methyl sites for hydroxylation is 12. The van der Waals surface area contributed by atoms with Crippen molar-refractivity contribution in [2.45, 2.75) is 112 Å². The summed E-state index contributed by atoms with van der Waals surface area (Å²) < 4.78 is 0. The molecule has 0 amide bonds. The fraction of sp³-hybridized carbons (Fsp3) is 0.217. The summed E-state index contributed by atoms with van der Waals surface area (Å²) in [6.45, 7) is 25.3. The van der Waals surface area contributed by atoms with Crippen molar-refractivity contribution in [2.75, 3.05) is 55.7 Å². The standard InChI is InChI=1S/C31H34N2.2C29H30N2.3CH4O/c1-5-23-19-27(17-21(3)29(23)32)31(25-13-9-7-10-14-25,26-15-11-8-12-16-26)28-18-22(4)30(33)24(6-2)20-28;1-19-15-25(16-20(2)27(19)30)29(23-11-7-5-8-12-23,24-13-9-6-10-14-24)26-17-21(3)28(31)22(4)18-26;1-19-15-21(3)27(30)25(17-19)29(23-11-7-5-8-12-23,24-13-9-6-10-14-24)26-18-20(2)16-22(4)28(26)31;3*1-2/h7-20H,5-6,32-33H2,1-4H3;2*5-18H,30-31H2,1-4H3;3*2H,1H3. The molecule has 0 aliphatic rings. The van der Waals surface area contributed by atoms with Gasteiger partial charge in [0.25, 0.3) is 0 Å². The van der Waals surface area contributed by atoms with Crippen LogP contribution in [-0.2, 0) is 29.1 Å². The van der Waals surface area contributed by atoms with E-state index >= 15 is 0 Å². The van der Waals surface area contributed by atoms with Crippen LogP contribution in [0.25, 0.3) is 0 Å². The summed E-state index contributed by atoms with van der Waals surface area (Å²) in [6.07, 6.45) is 1.78. The van der Waals surface area contributed by atoms with E-state index in [0.29, 0.717) is 0 Å². The van der Waals surface area contributed by atoms with Crippen LogP contribution in [0.2, 0.25) is 0 Å². The van der Waals surface area contributed by atoms with Crippen molar-refractivity contribution in [2.24, 2.45) is 0 Å². The summed E-state index contributed by atoms with van der Waals surface area (Å²) in [4.78, 5) is 0. The van der Waals surface area contributed by atoms with E-state index in [1.807, 2.05) is 0 Å². The highest BCUT2D eigenvalue weighted by Gasteiger charge is 2.44. The largest absolute Gasteiger partial charge is 0.400 e. The first-order chi connectivity index (χ1) is 48.6. The van der Waals surface area contributed by atoms with Gasteiger partial charge in [0.15, 0.2) is 0 Å². The van der Waals surface area contributed by atoms with E-state index in [2.05, 4.69) is 338 Å². The molecular formula is C92H106N6O3. The van der Waals surface area contributed by atoms with Gasteiger partial charge < -0.3 is 49.7 Å². The van der Waals surface area contributed by atoms with E-state index in [0.717, 1.165) is 135 Å². The Morgan fingerprint density at radius 3 is 0.624 bits per heavy atom. The van der Waals surface area contributed by atoms with E-state index in [1.54, 1.807) is 0 Å². The molecule has 9 heteroatoms. The number of anilines is 6. The lowest BCUT2D eigenvalue weighted by Gasteiger charge is -2.39. The third-order valence-corrected chi connectivity index (χ3v) is 19.7. The van der Waals surface area contributed by atoms with Crippen LogP contribution in [0, 0.1) is 69.2 Å². The fourth-order valence-electron chi connectivity index (χ4n) is 14.8. The molecule has 12 aromatic carbocycles. The first-order valence-electron chi connectivity index (χ1n) is 34.6. The topological polar surface area (TPSA) is 217 Å². The average molecular weight is 1340 g/mol. The van der Waals surface area contributed by atoms with Gasteiger partial charge in [0.2, 0.25) is 0 Å². The minimum Gasteiger partial charge on any atom is -0.400 e. The van der Waals surface area contributed by atoms with Crippen LogP contribution >= 0.6 is 0 Å². The fourth-order valence-corrected chi connectivity index (χ4v) is 14.8. The quantitative estimate of drug-likeness (QED) is 0.0373. The number of aliphatic hydroxyl groups excluding tert-OH is 3. The van der Waals surface area contributed by atoms with Gasteiger partial charge in [-0.15, -0.1) is 0 Å². The number of nitrogen functional groups attached to an aromatic ring is 6. The molecule has 9 nitrogen and oxygen atoms in total. The molecule has 0 fully saturated rings. The molecule has 0 radical (unpaired) electrons. The summed E-state index contributed by atoms with van der Waals surface area (Å²) in [7, 11) is 3.00. The molecular weight excluding hydrogens is 1240 g/mol. The zero-order valence-electron chi connectivity index (χ0n) is 62.0. The van der Waals surface area contributed by atoms with Crippen molar-refractivity contribution in [1.82, 2.24) is 0 Å². The Hall–Kier alpha value is -10.7. The van der Waals surface area contributed by atoms with Crippen LogP contribution in [-0.4, -0.2) is 36.6 Å². The van der Waals surface area contributed by atoms with Gasteiger partial charge in [0, 0.05) is 55.5 Å². The second-order valence-electron chi connectivity index (χ2n) is 26.0. The Morgan fingerprint density at radius 1 is 0.218 bits per heavy atom. The average Bonchev–Trinajstić information content (AvgIpc) is 0.735. The number of rotatable bonds is 14. The summed E-state index contributed by atoms with van der Waals surface area (Å²) in [5.74, 6) is 0. The van der Waals surface area contributed by atoms with Gasteiger partial charge >= 0.3 is 0 Å². The molecule has 0 saturated carbocycles. The van der Waals surface area contributed by atoms with Crippen LogP contribution in [0.4, 0.5) is 34.1 Å². The Morgan fingerprint density at radius 2 is 0.406 bits per heavy atom. The smallest absolute Gasteiger partial charge is 0.0741 e. The van der Waals surface area contributed by atoms with Crippen molar-refractivity contribution >= 4 is 34.1 Å². The number of aliphatic hydroxyl groups is 3. The predicted octanol–water partition coefficient (Wildman–Crippen LogP) is 18.7.